The van der Waals surface area contributed by atoms with Crippen molar-refractivity contribution < 1.29 is 9.53 Å². The summed E-state index contributed by atoms with van der Waals surface area (Å²) in [6, 6.07) is 0. The Hall–Kier alpha value is 0.170. The third-order valence-electron chi connectivity index (χ3n) is 2.16. The maximum Gasteiger partial charge on any atom is 0.319 e. The van der Waals surface area contributed by atoms with Crippen molar-refractivity contribution in [2.24, 2.45) is 0 Å². The van der Waals surface area contributed by atoms with Gasteiger partial charge in [-0.3, -0.25) is 4.79 Å². The van der Waals surface area contributed by atoms with Gasteiger partial charge in [0, 0.05) is 0 Å². The van der Waals surface area contributed by atoms with Crippen molar-refractivity contribution in [3.63, 3.8) is 0 Å². The highest BCUT2D eigenvalue weighted by Crippen LogP contribution is 2.22. The first-order valence-electron chi connectivity index (χ1n) is 5.14. The van der Waals surface area contributed by atoms with Crippen LogP contribution in [0.4, 0.5) is 0 Å². The molecule has 0 aliphatic rings. The van der Waals surface area contributed by atoms with E-state index in [2.05, 4.69) is 23.3 Å². The normalized spacial score (nSPS) is 12.5. The molecule has 84 valence electrons. The molecule has 0 spiro atoms. The molecule has 1 atom stereocenters. The van der Waals surface area contributed by atoms with Crippen molar-refractivity contribution in [3.8, 4) is 0 Å². The van der Waals surface area contributed by atoms with Gasteiger partial charge in [0.15, 0.2) is 0 Å². The quantitative estimate of drug-likeness (QED) is 0.302. The number of ether oxygens (including phenoxy) is 1. The average Bonchev–Trinajstić information content (AvgIpc) is 2.22. The molecule has 0 bridgehead atoms. The van der Waals surface area contributed by atoms with E-state index >= 15 is 0 Å². The first kappa shape index (κ1) is 14.2. The van der Waals surface area contributed by atoms with Crippen molar-refractivity contribution in [1.29, 1.82) is 0 Å². The molecule has 2 nitrogen and oxygen atoms in total. The lowest BCUT2D eigenvalue weighted by Gasteiger charge is -2.10. The zero-order chi connectivity index (χ0) is 10.8. The van der Waals surface area contributed by atoms with Gasteiger partial charge in [0.2, 0.25) is 0 Å². The van der Waals surface area contributed by atoms with Crippen LogP contribution in [0.25, 0.3) is 0 Å². The molecule has 0 heterocycles. The monoisotopic (exact) mass is 236 g/mol. The zero-order valence-corrected chi connectivity index (χ0v) is 10.7. The number of carbonyl (C=O) groups is 1. The van der Waals surface area contributed by atoms with Crippen LogP contribution in [-0.2, 0) is 9.53 Å². The van der Waals surface area contributed by atoms with Gasteiger partial charge in [-0.25, -0.2) is 0 Å². The molecule has 0 saturated carbocycles. The van der Waals surface area contributed by atoms with E-state index < -0.39 is 0 Å². The van der Waals surface area contributed by atoms with E-state index in [1.165, 1.54) is 43.6 Å². The van der Waals surface area contributed by atoms with Gasteiger partial charge in [-0.2, -0.15) is 0 Å². The maximum absolute atomic E-state index is 11.2. The number of methoxy groups -OCH3 is 1. The largest absolute Gasteiger partial charge is 0.468 e. The topological polar surface area (TPSA) is 26.3 Å². The van der Waals surface area contributed by atoms with Gasteiger partial charge < -0.3 is 4.74 Å². The lowest BCUT2D eigenvalue weighted by molar-refractivity contribution is -0.140. The van der Waals surface area contributed by atoms with Gasteiger partial charge in [-0.1, -0.05) is 49.8 Å². The van der Waals surface area contributed by atoms with Gasteiger partial charge in [-0.15, -0.1) is 11.7 Å². The standard InChI is InChI=1S/C10H20O2S2/c1-3-4-5-6-7-8-9(14-13)10(11)12-2/h9,13H,3-8H2,1-2H3. The second-order valence-corrected chi connectivity index (χ2v) is 4.73. The lowest BCUT2D eigenvalue weighted by atomic mass is 10.1. The Kier molecular flexibility index (Phi) is 9.83. The molecule has 0 amide bonds. The zero-order valence-electron chi connectivity index (χ0n) is 8.99. The summed E-state index contributed by atoms with van der Waals surface area (Å²) in [6.07, 6.45) is 6.98. The van der Waals surface area contributed by atoms with E-state index in [9.17, 15) is 4.79 Å². The molecule has 0 aromatic carbocycles. The molecule has 0 saturated heterocycles. The summed E-state index contributed by atoms with van der Waals surface area (Å²) < 4.78 is 4.67. The second-order valence-electron chi connectivity index (χ2n) is 3.32. The van der Waals surface area contributed by atoms with Crippen LogP contribution in [-0.4, -0.2) is 18.3 Å². The fourth-order valence-corrected chi connectivity index (χ4v) is 2.31. The Labute approximate surface area is 96.0 Å². The van der Waals surface area contributed by atoms with Crippen molar-refractivity contribution in [2.45, 2.75) is 50.7 Å². The minimum Gasteiger partial charge on any atom is -0.468 e. The highest BCUT2D eigenvalue weighted by Gasteiger charge is 2.17. The number of hydrogen-bond acceptors (Lipinski definition) is 4. The first-order chi connectivity index (χ1) is 6.76. The Balaban J connectivity index is 3.48. The first-order valence-corrected chi connectivity index (χ1v) is 7.07. The molecule has 0 N–H and O–H groups in total. The van der Waals surface area contributed by atoms with Crippen molar-refractivity contribution in [2.75, 3.05) is 7.11 Å². The smallest absolute Gasteiger partial charge is 0.319 e. The van der Waals surface area contributed by atoms with E-state index in [1.807, 2.05) is 0 Å². The minimum atomic E-state index is -0.152. The van der Waals surface area contributed by atoms with Crippen molar-refractivity contribution in [3.05, 3.63) is 0 Å². The Morgan fingerprint density at radius 2 is 2.00 bits per heavy atom. The van der Waals surface area contributed by atoms with E-state index in [0.29, 0.717) is 0 Å². The fraction of sp³-hybridized carbons (Fsp3) is 0.900. The molecular weight excluding hydrogens is 216 g/mol. The number of carbonyl (C=O) groups excluding carboxylic acids is 1. The molecule has 0 fully saturated rings. The molecule has 14 heavy (non-hydrogen) atoms. The molecule has 0 aromatic rings. The van der Waals surface area contributed by atoms with Gasteiger partial charge >= 0.3 is 5.97 Å². The minimum absolute atomic E-state index is 0.0926. The lowest BCUT2D eigenvalue weighted by Crippen LogP contribution is -2.17. The van der Waals surface area contributed by atoms with E-state index in [1.54, 1.807) is 0 Å². The van der Waals surface area contributed by atoms with Crippen LogP contribution in [0.1, 0.15) is 45.4 Å². The number of esters is 1. The summed E-state index contributed by atoms with van der Waals surface area (Å²) >= 11 is 4.07. The molecule has 0 aliphatic heterocycles. The molecule has 0 aromatic heterocycles. The third kappa shape index (κ3) is 6.60. The molecule has 0 radical (unpaired) electrons. The Bertz CT molecular complexity index is 151. The third-order valence-corrected chi connectivity index (χ3v) is 3.61. The van der Waals surface area contributed by atoms with Gasteiger partial charge in [0.25, 0.3) is 0 Å². The van der Waals surface area contributed by atoms with Crippen LogP contribution in [0.2, 0.25) is 0 Å². The van der Waals surface area contributed by atoms with Gasteiger partial charge in [0.05, 0.1) is 7.11 Å². The average molecular weight is 236 g/mol. The highest BCUT2D eigenvalue weighted by molar-refractivity contribution is 8.69. The summed E-state index contributed by atoms with van der Waals surface area (Å²) in [4.78, 5) is 11.2. The summed E-state index contributed by atoms with van der Waals surface area (Å²) in [5, 5.41) is -0.0926. The second kappa shape index (κ2) is 9.71. The highest BCUT2D eigenvalue weighted by atomic mass is 33.1. The Morgan fingerprint density at radius 1 is 1.36 bits per heavy atom. The summed E-state index contributed by atoms with van der Waals surface area (Å²) in [6.45, 7) is 2.20. The molecule has 1 unspecified atom stereocenters. The van der Waals surface area contributed by atoms with Crippen LogP contribution >= 0.6 is 22.5 Å². The van der Waals surface area contributed by atoms with E-state index in [0.717, 1.165) is 12.8 Å². The van der Waals surface area contributed by atoms with Crippen LogP contribution in [0, 0.1) is 0 Å². The fourth-order valence-electron chi connectivity index (χ4n) is 1.28. The van der Waals surface area contributed by atoms with Crippen molar-refractivity contribution >= 4 is 28.4 Å². The summed E-state index contributed by atoms with van der Waals surface area (Å²) in [5.41, 5.74) is 0. The molecule has 4 heteroatoms. The number of thiol groups is 1. The van der Waals surface area contributed by atoms with Crippen molar-refractivity contribution in [1.82, 2.24) is 0 Å². The van der Waals surface area contributed by atoms with E-state index in [-0.39, 0.29) is 11.2 Å². The van der Waals surface area contributed by atoms with Crippen LogP contribution < -0.4 is 0 Å². The van der Waals surface area contributed by atoms with Crippen LogP contribution in [0.3, 0.4) is 0 Å². The van der Waals surface area contributed by atoms with Gasteiger partial charge in [-0.05, 0) is 6.42 Å². The Morgan fingerprint density at radius 3 is 2.50 bits per heavy atom. The predicted octanol–water partition coefficient (Wildman–Crippen LogP) is 3.47. The summed E-state index contributed by atoms with van der Waals surface area (Å²) in [5.74, 6) is -0.152. The molecule has 0 rings (SSSR count). The number of rotatable bonds is 8. The molecule has 0 aliphatic carbocycles. The maximum atomic E-state index is 11.2. The van der Waals surface area contributed by atoms with Gasteiger partial charge in [0.1, 0.15) is 5.25 Å². The SMILES string of the molecule is CCCCCCCC(SS)C(=O)OC. The molecular formula is C10H20O2S2. The number of hydrogen-bond donors (Lipinski definition) is 1. The van der Waals surface area contributed by atoms with E-state index in [4.69, 9.17) is 0 Å². The summed E-state index contributed by atoms with van der Waals surface area (Å²) in [7, 11) is 2.71. The van der Waals surface area contributed by atoms with Crippen LogP contribution in [0.15, 0.2) is 0 Å². The number of unbranched alkanes of at least 4 members (excludes halogenated alkanes) is 4. The van der Waals surface area contributed by atoms with Crippen LogP contribution in [0.5, 0.6) is 0 Å². The predicted molar refractivity (Wildman–Crippen MR) is 65.8 cm³/mol.